The Kier molecular flexibility index (Phi) is 6.03. The minimum Gasteiger partial charge on any atom is -0.491 e. The van der Waals surface area contributed by atoms with Crippen molar-refractivity contribution in [3.8, 4) is 17.6 Å². The highest BCUT2D eigenvalue weighted by Crippen LogP contribution is 2.16. The highest BCUT2D eigenvalue weighted by atomic mass is 35.5. The number of alkyl halides is 1. The molecule has 0 N–H and O–H groups in total. The lowest BCUT2D eigenvalue weighted by Crippen LogP contribution is -2.38. The van der Waals surface area contributed by atoms with E-state index in [0.717, 1.165) is 44.2 Å². The van der Waals surface area contributed by atoms with E-state index < -0.39 is 0 Å². The summed E-state index contributed by atoms with van der Waals surface area (Å²) in [5, 5.41) is 0. The smallest absolute Gasteiger partial charge is 0.134 e. The standard InChI is InChI=1S/C15H18ClNO2/c16-7-3-5-14-4-1-2-6-15(14)19-13-10-17-8-11-18-12-9-17/h1-2,4,6H,7-13H2. The summed E-state index contributed by atoms with van der Waals surface area (Å²) in [7, 11) is 0. The summed E-state index contributed by atoms with van der Waals surface area (Å²) < 4.78 is 11.1. The fourth-order valence-corrected chi connectivity index (χ4v) is 2.00. The fourth-order valence-electron chi connectivity index (χ4n) is 1.93. The number of nitrogens with zero attached hydrogens (tertiary/aromatic N) is 1. The maximum atomic E-state index is 5.81. The van der Waals surface area contributed by atoms with Crippen molar-refractivity contribution in [2.75, 3.05) is 45.3 Å². The van der Waals surface area contributed by atoms with Crippen molar-refractivity contribution in [1.82, 2.24) is 4.90 Å². The molecule has 1 fully saturated rings. The molecule has 19 heavy (non-hydrogen) atoms. The van der Waals surface area contributed by atoms with Crippen LogP contribution in [0.15, 0.2) is 24.3 Å². The maximum Gasteiger partial charge on any atom is 0.134 e. The summed E-state index contributed by atoms with van der Waals surface area (Å²) in [6, 6.07) is 7.80. The van der Waals surface area contributed by atoms with Gasteiger partial charge in [0, 0.05) is 19.6 Å². The molecule has 0 amide bonds. The van der Waals surface area contributed by atoms with Crippen LogP contribution in [-0.2, 0) is 4.74 Å². The fraction of sp³-hybridized carbons (Fsp3) is 0.467. The molecule has 1 saturated heterocycles. The van der Waals surface area contributed by atoms with Gasteiger partial charge in [-0.05, 0) is 12.1 Å². The second-order valence-corrected chi connectivity index (χ2v) is 4.50. The Balaban J connectivity index is 1.84. The number of hydrogen-bond donors (Lipinski definition) is 0. The normalized spacial score (nSPS) is 15.6. The van der Waals surface area contributed by atoms with Crippen LogP contribution in [0.2, 0.25) is 0 Å². The van der Waals surface area contributed by atoms with E-state index in [1.165, 1.54) is 0 Å². The first-order chi connectivity index (χ1) is 9.40. The third-order valence-corrected chi connectivity index (χ3v) is 3.08. The summed E-state index contributed by atoms with van der Waals surface area (Å²) in [6.07, 6.45) is 0. The van der Waals surface area contributed by atoms with E-state index >= 15 is 0 Å². The lowest BCUT2D eigenvalue weighted by atomic mass is 10.2. The molecule has 0 unspecified atom stereocenters. The Morgan fingerprint density at radius 2 is 2.05 bits per heavy atom. The molecular weight excluding hydrogens is 262 g/mol. The van der Waals surface area contributed by atoms with Gasteiger partial charge in [-0.25, -0.2) is 0 Å². The van der Waals surface area contributed by atoms with E-state index in [1.54, 1.807) is 0 Å². The predicted molar refractivity (Wildman–Crippen MR) is 76.8 cm³/mol. The van der Waals surface area contributed by atoms with Crippen LogP contribution in [0.5, 0.6) is 5.75 Å². The van der Waals surface area contributed by atoms with Crippen molar-refractivity contribution in [2.45, 2.75) is 0 Å². The predicted octanol–water partition coefficient (Wildman–Crippen LogP) is 1.99. The Labute approximate surface area is 119 Å². The Morgan fingerprint density at radius 1 is 1.26 bits per heavy atom. The maximum absolute atomic E-state index is 5.81. The summed E-state index contributed by atoms with van der Waals surface area (Å²) in [5.41, 5.74) is 0.894. The summed E-state index contributed by atoms with van der Waals surface area (Å²) in [5.74, 6) is 7.03. The van der Waals surface area contributed by atoms with Gasteiger partial charge < -0.3 is 9.47 Å². The first kappa shape index (κ1) is 14.2. The van der Waals surface area contributed by atoms with Crippen LogP contribution in [0.3, 0.4) is 0 Å². The van der Waals surface area contributed by atoms with Gasteiger partial charge in [0.05, 0.1) is 24.7 Å². The molecule has 0 spiro atoms. The second-order valence-electron chi connectivity index (χ2n) is 4.23. The van der Waals surface area contributed by atoms with Crippen LogP contribution < -0.4 is 4.74 Å². The zero-order valence-electron chi connectivity index (χ0n) is 10.9. The van der Waals surface area contributed by atoms with Crippen LogP contribution in [0.4, 0.5) is 0 Å². The molecule has 1 aromatic carbocycles. The number of rotatable bonds is 4. The van der Waals surface area contributed by atoms with Crippen molar-refractivity contribution in [3.63, 3.8) is 0 Å². The van der Waals surface area contributed by atoms with Gasteiger partial charge in [-0.3, -0.25) is 4.90 Å². The van der Waals surface area contributed by atoms with Crippen molar-refractivity contribution < 1.29 is 9.47 Å². The minimum absolute atomic E-state index is 0.335. The Morgan fingerprint density at radius 3 is 2.84 bits per heavy atom. The van der Waals surface area contributed by atoms with Crippen molar-refractivity contribution >= 4 is 11.6 Å². The van der Waals surface area contributed by atoms with E-state index in [-0.39, 0.29) is 0 Å². The van der Waals surface area contributed by atoms with Crippen LogP contribution in [0, 0.1) is 11.8 Å². The van der Waals surface area contributed by atoms with E-state index in [0.29, 0.717) is 12.5 Å². The SMILES string of the molecule is ClCC#Cc1ccccc1OCCN1CCOCC1. The van der Waals surface area contributed by atoms with Crippen molar-refractivity contribution in [3.05, 3.63) is 29.8 Å². The van der Waals surface area contributed by atoms with E-state index in [1.807, 2.05) is 24.3 Å². The zero-order chi connectivity index (χ0) is 13.3. The van der Waals surface area contributed by atoms with Gasteiger partial charge in [-0.15, -0.1) is 11.6 Å². The van der Waals surface area contributed by atoms with Gasteiger partial charge in [0.25, 0.3) is 0 Å². The van der Waals surface area contributed by atoms with Gasteiger partial charge >= 0.3 is 0 Å². The highest BCUT2D eigenvalue weighted by Gasteiger charge is 2.10. The molecule has 1 aromatic rings. The third-order valence-electron chi connectivity index (χ3n) is 2.95. The molecular formula is C15H18ClNO2. The minimum atomic E-state index is 0.335. The van der Waals surface area contributed by atoms with E-state index in [4.69, 9.17) is 21.1 Å². The molecule has 0 saturated carbocycles. The number of hydrogen-bond acceptors (Lipinski definition) is 3. The van der Waals surface area contributed by atoms with Crippen molar-refractivity contribution in [2.24, 2.45) is 0 Å². The lowest BCUT2D eigenvalue weighted by molar-refractivity contribution is 0.0322. The molecule has 3 nitrogen and oxygen atoms in total. The van der Waals surface area contributed by atoms with Gasteiger partial charge in [-0.2, -0.15) is 0 Å². The summed E-state index contributed by atoms with van der Waals surface area (Å²) in [6.45, 7) is 5.18. The first-order valence-electron chi connectivity index (χ1n) is 6.47. The molecule has 0 radical (unpaired) electrons. The van der Waals surface area contributed by atoms with Crippen LogP contribution in [0.1, 0.15) is 5.56 Å². The molecule has 4 heteroatoms. The van der Waals surface area contributed by atoms with Gasteiger partial charge in [0.15, 0.2) is 0 Å². The summed E-state index contributed by atoms with van der Waals surface area (Å²) >= 11 is 5.58. The second kappa shape index (κ2) is 8.06. The largest absolute Gasteiger partial charge is 0.491 e. The van der Waals surface area contributed by atoms with E-state index in [2.05, 4.69) is 16.7 Å². The molecule has 1 heterocycles. The lowest BCUT2D eigenvalue weighted by Gasteiger charge is -2.26. The van der Waals surface area contributed by atoms with Crippen LogP contribution in [0.25, 0.3) is 0 Å². The zero-order valence-corrected chi connectivity index (χ0v) is 11.7. The molecule has 1 aliphatic rings. The van der Waals surface area contributed by atoms with Crippen LogP contribution in [-0.4, -0.2) is 50.2 Å². The number of ether oxygens (including phenoxy) is 2. The van der Waals surface area contributed by atoms with Crippen molar-refractivity contribution in [1.29, 1.82) is 0 Å². The molecule has 0 aliphatic carbocycles. The van der Waals surface area contributed by atoms with Crippen LogP contribution >= 0.6 is 11.6 Å². The third kappa shape index (κ3) is 4.76. The quantitative estimate of drug-likeness (QED) is 0.621. The van der Waals surface area contributed by atoms with Gasteiger partial charge in [-0.1, -0.05) is 24.0 Å². The molecule has 102 valence electrons. The first-order valence-corrected chi connectivity index (χ1v) is 7.00. The van der Waals surface area contributed by atoms with E-state index in [9.17, 15) is 0 Å². The van der Waals surface area contributed by atoms with Gasteiger partial charge in [0.1, 0.15) is 12.4 Å². The Hall–Kier alpha value is -1.21. The molecule has 1 aliphatic heterocycles. The topological polar surface area (TPSA) is 21.7 Å². The summed E-state index contributed by atoms with van der Waals surface area (Å²) in [4.78, 5) is 2.34. The number of para-hydroxylation sites is 1. The number of benzene rings is 1. The average molecular weight is 280 g/mol. The molecule has 2 rings (SSSR count). The molecule has 0 bridgehead atoms. The average Bonchev–Trinajstić information content (AvgIpc) is 2.47. The molecule has 0 aromatic heterocycles. The Bertz CT molecular complexity index is 447. The van der Waals surface area contributed by atoms with Gasteiger partial charge in [0.2, 0.25) is 0 Å². The monoisotopic (exact) mass is 279 g/mol. The molecule has 0 atom stereocenters. The highest BCUT2D eigenvalue weighted by molar-refractivity contribution is 6.19. The number of morpholine rings is 1. The number of halogens is 1.